The van der Waals surface area contributed by atoms with E-state index in [-0.39, 0.29) is 5.41 Å². The number of Topliss-reactive ketones (excluding diaryl/α,β-unsaturated/α-hetero) is 1. The van der Waals surface area contributed by atoms with E-state index in [1.165, 1.54) is 4.90 Å². The molecule has 4 nitrogen and oxygen atoms in total. The smallest absolute Gasteiger partial charge is 0.407 e. The van der Waals surface area contributed by atoms with Gasteiger partial charge in [0.05, 0.1) is 0 Å². The molecule has 0 radical (unpaired) electrons. The Bertz CT molecular complexity index is 278. The van der Waals surface area contributed by atoms with Gasteiger partial charge in [0.1, 0.15) is 5.78 Å². The number of amides is 1. The maximum atomic E-state index is 11.2. The van der Waals surface area contributed by atoms with Gasteiger partial charge >= 0.3 is 6.09 Å². The fourth-order valence-corrected chi connectivity index (χ4v) is 2.84. The Morgan fingerprint density at radius 2 is 1.93 bits per heavy atom. The first-order chi connectivity index (χ1) is 7.11. The second kappa shape index (κ2) is 3.83. The van der Waals surface area contributed by atoms with Crippen LogP contribution < -0.4 is 0 Å². The van der Waals surface area contributed by atoms with Crippen LogP contribution in [0.15, 0.2) is 0 Å². The van der Waals surface area contributed by atoms with Crippen molar-refractivity contribution < 1.29 is 14.7 Å². The number of hydrogen-bond donors (Lipinski definition) is 1. The summed E-state index contributed by atoms with van der Waals surface area (Å²) in [5, 5.41) is 8.96. The minimum Gasteiger partial charge on any atom is -0.465 e. The lowest BCUT2D eigenvalue weighted by Gasteiger charge is -2.43. The Morgan fingerprint density at radius 3 is 2.53 bits per heavy atom. The molecule has 84 valence electrons. The van der Waals surface area contributed by atoms with Crippen LogP contribution in [0, 0.1) is 5.41 Å². The molecule has 0 aromatic rings. The van der Waals surface area contributed by atoms with E-state index in [1.807, 2.05) is 0 Å². The van der Waals surface area contributed by atoms with Gasteiger partial charge in [-0.15, -0.1) is 0 Å². The molecule has 1 aliphatic heterocycles. The molecule has 0 atom stereocenters. The number of carbonyl (C=O) groups excluding carboxylic acids is 1. The molecule has 1 spiro atoms. The molecular weight excluding hydrogens is 194 g/mol. The molecule has 1 heterocycles. The van der Waals surface area contributed by atoms with Gasteiger partial charge in [-0.05, 0) is 31.1 Å². The van der Waals surface area contributed by atoms with Crippen molar-refractivity contribution in [1.29, 1.82) is 0 Å². The van der Waals surface area contributed by atoms with Crippen LogP contribution in [0.3, 0.4) is 0 Å². The number of nitrogens with zero attached hydrogens (tertiary/aromatic N) is 1. The summed E-state index contributed by atoms with van der Waals surface area (Å²) in [5.41, 5.74) is 0.116. The van der Waals surface area contributed by atoms with Crippen LogP contribution in [0.2, 0.25) is 0 Å². The normalized spacial score (nSPS) is 25.6. The third-order valence-electron chi connectivity index (χ3n) is 3.80. The van der Waals surface area contributed by atoms with Gasteiger partial charge in [0, 0.05) is 25.9 Å². The predicted octanol–water partition coefficient (Wildman–Crippen LogP) is 1.89. The van der Waals surface area contributed by atoms with Gasteiger partial charge in [-0.1, -0.05) is 0 Å². The molecule has 1 saturated heterocycles. The summed E-state index contributed by atoms with van der Waals surface area (Å²) in [5.74, 6) is 0.341. The fourth-order valence-electron chi connectivity index (χ4n) is 2.84. The van der Waals surface area contributed by atoms with Crippen LogP contribution in [0.1, 0.15) is 38.5 Å². The molecule has 1 amide bonds. The van der Waals surface area contributed by atoms with Crippen molar-refractivity contribution in [3.63, 3.8) is 0 Å². The van der Waals surface area contributed by atoms with Crippen molar-refractivity contribution in [1.82, 2.24) is 4.90 Å². The Balaban J connectivity index is 2.02. The summed E-state index contributed by atoms with van der Waals surface area (Å²) in [6, 6.07) is 0. The van der Waals surface area contributed by atoms with Crippen molar-refractivity contribution >= 4 is 11.9 Å². The zero-order chi connectivity index (χ0) is 10.9. The third kappa shape index (κ3) is 2.13. The fraction of sp³-hybridized carbons (Fsp3) is 0.818. The first kappa shape index (κ1) is 10.5. The maximum absolute atomic E-state index is 11.2. The highest BCUT2D eigenvalue weighted by atomic mass is 16.4. The average molecular weight is 211 g/mol. The molecule has 0 bridgehead atoms. The van der Waals surface area contributed by atoms with Crippen LogP contribution in [0.5, 0.6) is 0 Å². The van der Waals surface area contributed by atoms with Gasteiger partial charge in [-0.25, -0.2) is 4.79 Å². The maximum Gasteiger partial charge on any atom is 0.407 e. The van der Waals surface area contributed by atoms with Gasteiger partial charge in [-0.3, -0.25) is 4.79 Å². The van der Waals surface area contributed by atoms with Crippen LogP contribution in [0.25, 0.3) is 0 Å². The highest BCUT2D eigenvalue weighted by Crippen LogP contribution is 2.42. The minimum absolute atomic E-state index is 0.116. The number of piperidine rings is 1. The molecule has 0 unspecified atom stereocenters. The highest BCUT2D eigenvalue weighted by molar-refractivity contribution is 5.79. The standard InChI is InChI=1S/C11H17NO3/c13-9-2-5-11(6-3-9)4-1-7-12(8-11)10(14)15/h1-8H2,(H,14,15). The van der Waals surface area contributed by atoms with Crippen LogP contribution in [-0.4, -0.2) is 35.0 Å². The lowest BCUT2D eigenvalue weighted by molar-refractivity contribution is -0.123. The zero-order valence-corrected chi connectivity index (χ0v) is 8.87. The number of likely N-dealkylation sites (tertiary alicyclic amines) is 1. The van der Waals surface area contributed by atoms with Crippen molar-refractivity contribution in [3.8, 4) is 0 Å². The van der Waals surface area contributed by atoms with Crippen molar-refractivity contribution in [2.45, 2.75) is 38.5 Å². The molecule has 1 saturated carbocycles. The van der Waals surface area contributed by atoms with Crippen LogP contribution >= 0.6 is 0 Å². The first-order valence-electron chi connectivity index (χ1n) is 5.61. The topological polar surface area (TPSA) is 57.6 Å². The Morgan fingerprint density at radius 1 is 1.27 bits per heavy atom. The van der Waals surface area contributed by atoms with Crippen LogP contribution in [-0.2, 0) is 4.79 Å². The SMILES string of the molecule is O=C1CCC2(CCCN(C(=O)O)C2)CC1. The van der Waals surface area contributed by atoms with Gasteiger partial charge in [0.25, 0.3) is 0 Å². The molecule has 0 aromatic carbocycles. The molecule has 1 N–H and O–H groups in total. The highest BCUT2D eigenvalue weighted by Gasteiger charge is 2.39. The molecule has 2 rings (SSSR count). The Labute approximate surface area is 89.3 Å². The van der Waals surface area contributed by atoms with Gasteiger partial charge in [-0.2, -0.15) is 0 Å². The second-order valence-corrected chi connectivity index (χ2v) is 4.85. The Hall–Kier alpha value is -1.06. The summed E-state index contributed by atoms with van der Waals surface area (Å²) in [6.45, 7) is 1.29. The van der Waals surface area contributed by atoms with E-state index in [0.717, 1.165) is 25.7 Å². The van der Waals surface area contributed by atoms with E-state index in [1.54, 1.807) is 0 Å². The monoisotopic (exact) mass is 211 g/mol. The Kier molecular flexibility index (Phi) is 2.67. The van der Waals surface area contributed by atoms with Crippen molar-refractivity contribution in [2.24, 2.45) is 5.41 Å². The van der Waals surface area contributed by atoms with Gasteiger partial charge in [0.2, 0.25) is 0 Å². The summed E-state index contributed by atoms with van der Waals surface area (Å²) in [4.78, 5) is 23.6. The molecule has 4 heteroatoms. The van der Waals surface area contributed by atoms with Crippen molar-refractivity contribution in [2.75, 3.05) is 13.1 Å². The predicted molar refractivity (Wildman–Crippen MR) is 54.7 cm³/mol. The second-order valence-electron chi connectivity index (χ2n) is 4.85. The summed E-state index contributed by atoms with van der Waals surface area (Å²) in [6.07, 6.45) is 4.28. The number of hydrogen-bond acceptors (Lipinski definition) is 2. The first-order valence-corrected chi connectivity index (χ1v) is 5.61. The lowest BCUT2D eigenvalue weighted by atomic mass is 9.69. The van der Waals surface area contributed by atoms with E-state index in [4.69, 9.17) is 5.11 Å². The molecular formula is C11H17NO3. The lowest BCUT2D eigenvalue weighted by Crippen LogP contribution is -2.47. The summed E-state index contributed by atoms with van der Waals surface area (Å²) in [7, 11) is 0. The molecule has 15 heavy (non-hydrogen) atoms. The molecule has 0 aromatic heterocycles. The van der Waals surface area contributed by atoms with E-state index < -0.39 is 6.09 Å². The number of carbonyl (C=O) groups is 2. The number of rotatable bonds is 0. The number of carboxylic acid groups (broad SMARTS) is 1. The molecule has 2 fully saturated rings. The quantitative estimate of drug-likeness (QED) is 0.665. The van der Waals surface area contributed by atoms with E-state index >= 15 is 0 Å². The zero-order valence-electron chi connectivity index (χ0n) is 8.87. The molecule has 2 aliphatic rings. The largest absolute Gasteiger partial charge is 0.465 e. The number of ketones is 1. The summed E-state index contributed by atoms with van der Waals surface area (Å²) >= 11 is 0. The van der Waals surface area contributed by atoms with Gasteiger partial charge in [0.15, 0.2) is 0 Å². The van der Waals surface area contributed by atoms with E-state index in [2.05, 4.69) is 0 Å². The third-order valence-corrected chi connectivity index (χ3v) is 3.80. The van der Waals surface area contributed by atoms with E-state index in [9.17, 15) is 9.59 Å². The summed E-state index contributed by atoms with van der Waals surface area (Å²) < 4.78 is 0. The average Bonchev–Trinajstić information content (AvgIpc) is 2.23. The van der Waals surface area contributed by atoms with Crippen LogP contribution in [0.4, 0.5) is 4.79 Å². The minimum atomic E-state index is -0.814. The molecule has 1 aliphatic carbocycles. The van der Waals surface area contributed by atoms with Crippen molar-refractivity contribution in [3.05, 3.63) is 0 Å². The van der Waals surface area contributed by atoms with Gasteiger partial charge < -0.3 is 10.0 Å². The van der Waals surface area contributed by atoms with E-state index in [0.29, 0.717) is 31.7 Å².